The fourth-order valence-corrected chi connectivity index (χ4v) is 2.10. The van der Waals surface area contributed by atoms with E-state index in [9.17, 15) is 0 Å². The third kappa shape index (κ3) is 2.37. The summed E-state index contributed by atoms with van der Waals surface area (Å²) >= 11 is 0. The predicted molar refractivity (Wildman–Crippen MR) is 61.6 cm³/mol. The molecule has 0 unspecified atom stereocenters. The van der Waals surface area contributed by atoms with Crippen LogP contribution >= 0.6 is 0 Å². The maximum absolute atomic E-state index is 5.71. The average molecular weight is 206 g/mol. The smallest absolute Gasteiger partial charge is 0.134 e. The molecule has 0 saturated heterocycles. The zero-order chi connectivity index (χ0) is 10.7. The summed E-state index contributed by atoms with van der Waals surface area (Å²) in [5, 5.41) is 3.36. The van der Waals surface area contributed by atoms with Gasteiger partial charge < -0.3 is 11.1 Å². The van der Waals surface area contributed by atoms with Crippen LogP contribution in [0.25, 0.3) is 0 Å². The molecule has 1 aliphatic rings. The van der Waals surface area contributed by atoms with Crippen LogP contribution in [-0.4, -0.2) is 16.5 Å². The lowest BCUT2D eigenvalue weighted by molar-refractivity contribution is 0.578. The van der Waals surface area contributed by atoms with Crippen molar-refractivity contribution in [3.8, 4) is 0 Å². The molecule has 2 rings (SSSR count). The molecule has 0 aliphatic heterocycles. The molecule has 1 aliphatic carbocycles. The van der Waals surface area contributed by atoms with Crippen molar-refractivity contribution in [3.05, 3.63) is 11.9 Å². The van der Waals surface area contributed by atoms with Crippen molar-refractivity contribution in [2.24, 2.45) is 5.92 Å². The molecule has 4 heteroatoms. The molecule has 0 atom stereocenters. The molecular formula is C11H18N4. The molecule has 1 saturated carbocycles. The number of nitrogen functional groups attached to an aromatic ring is 1. The van der Waals surface area contributed by atoms with Gasteiger partial charge in [-0.3, -0.25) is 0 Å². The molecule has 1 aromatic heterocycles. The van der Waals surface area contributed by atoms with E-state index < -0.39 is 0 Å². The maximum atomic E-state index is 5.71. The Labute approximate surface area is 90.3 Å². The highest BCUT2D eigenvalue weighted by Crippen LogP contribution is 2.25. The standard InChI is InChI=1S/C11H18N4/c1-8-10(12)14-7-15-11(8)13-6-9-4-2-3-5-9/h7,9H,2-6H2,1H3,(H3,12,13,14,15). The van der Waals surface area contributed by atoms with Crippen LogP contribution in [0.4, 0.5) is 11.6 Å². The van der Waals surface area contributed by atoms with E-state index in [1.165, 1.54) is 32.0 Å². The quantitative estimate of drug-likeness (QED) is 0.793. The summed E-state index contributed by atoms with van der Waals surface area (Å²) in [7, 11) is 0. The van der Waals surface area contributed by atoms with E-state index in [1.807, 2.05) is 6.92 Å². The molecule has 1 fully saturated rings. The third-order valence-electron chi connectivity index (χ3n) is 3.16. The van der Waals surface area contributed by atoms with Gasteiger partial charge in [-0.25, -0.2) is 9.97 Å². The van der Waals surface area contributed by atoms with Crippen LogP contribution in [0.2, 0.25) is 0 Å². The number of anilines is 2. The van der Waals surface area contributed by atoms with E-state index in [1.54, 1.807) is 0 Å². The Morgan fingerprint density at radius 3 is 2.87 bits per heavy atom. The summed E-state index contributed by atoms with van der Waals surface area (Å²) in [5.74, 6) is 2.26. The highest BCUT2D eigenvalue weighted by molar-refractivity contribution is 5.53. The number of nitrogens with zero attached hydrogens (tertiary/aromatic N) is 2. The molecule has 0 bridgehead atoms. The van der Waals surface area contributed by atoms with E-state index in [2.05, 4.69) is 15.3 Å². The summed E-state index contributed by atoms with van der Waals surface area (Å²) in [6.07, 6.45) is 6.94. The number of hydrogen-bond acceptors (Lipinski definition) is 4. The summed E-state index contributed by atoms with van der Waals surface area (Å²) in [4.78, 5) is 8.14. The van der Waals surface area contributed by atoms with Gasteiger partial charge in [0.25, 0.3) is 0 Å². The second-order valence-electron chi connectivity index (χ2n) is 4.26. The van der Waals surface area contributed by atoms with E-state index in [-0.39, 0.29) is 0 Å². The van der Waals surface area contributed by atoms with Gasteiger partial charge in [-0.05, 0) is 25.7 Å². The summed E-state index contributed by atoms with van der Waals surface area (Å²) in [6.45, 7) is 2.96. The molecule has 1 aromatic rings. The third-order valence-corrected chi connectivity index (χ3v) is 3.16. The molecule has 1 heterocycles. The second kappa shape index (κ2) is 4.47. The summed E-state index contributed by atoms with van der Waals surface area (Å²) in [5.41, 5.74) is 6.67. The Balaban J connectivity index is 1.95. The minimum atomic E-state index is 0.568. The van der Waals surface area contributed by atoms with Gasteiger partial charge in [0, 0.05) is 12.1 Å². The lowest BCUT2D eigenvalue weighted by Gasteiger charge is -2.13. The van der Waals surface area contributed by atoms with Crippen LogP contribution in [0.1, 0.15) is 31.2 Å². The first-order valence-electron chi connectivity index (χ1n) is 5.58. The van der Waals surface area contributed by atoms with Crippen LogP contribution in [0.3, 0.4) is 0 Å². The van der Waals surface area contributed by atoms with Crippen LogP contribution in [0, 0.1) is 12.8 Å². The number of rotatable bonds is 3. The fourth-order valence-electron chi connectivity index (χ4n) is 2.10. The van der Waals surface area contributed by atoms with Gasteiger partial charge in [0.1, 0.15) is 18.0 Å². The average Bonchev–Trinajstić information content (AvgIpc) is 2.73. The largest absolute Gasteiger partial charge is 0.383 e. The van der Waals surface area contributed by atoms with Gasteiger partial charge in [0.05, 0.1) is 0 Å². The van der Waals surface area contributed by atoms with Gasteiger partial charge in [0.15, 0.2) is 0 Å². The number of nitrogens with two attached hydrogens (primary N) is 1. The molecule has 15 heavy (non-hydrogen) atoms. The zero-order valence-electron chi connectivity index (χ0n) is 9.16. The molecule has 4 nitrogen and oxygen atoms in total. The van der Waals surface area contributed by atoms with Crippen LogP contribution in [0.15, 0.2) is 6.33 Å². The first-order valence-corrected chi connectivity index (χ1v) is 5.58. The van der Waals surface area contributed by atoms with E-state index >= 15 is 0 Å². The summed E-state index contributed by atoms with van der Waals surface area (Å²) < 4.78 is 0. The first kappa shape index (κ1) is 10.2. The molecule has 0 spiro atoms. The first-order chi connectivity index (χ1) is 7.27. The number of aromatic nitrogens is 2. The molecular weight excluding hydrogens is 188 g/mol. The molecule has 0 radical (unpaired) electrons. The van der Waals surface area contributed by atoms with Crippen LogP contribution in [0.5, 0.6) is 0 Å². The Bertz CT molecular complexity index is 331. The van der Waals surface area contributed by atoms with Crippen LogP contribution in [-0.2, 0) is 0 Å². The highest BCUT2D eigenvalue weighted by atomic mass is 15.0. The van der Waals surface area contributed by atoms with Crippen molar-refractivity contribution in [1.29, 1.82) is 0 Å². The van der Waals surface area contributed by atoms with E-state index in [0.29, 0.717) is 5.82 Å². The van der Waals surface area contributed by atoms with E-state index in [0.717, 1.165) is 23.8 Å². The predicted octanol–water partition coefficient (Wildman–Crippen LogP) is 1.97. The summed E-state index contributed by atoms with van der Waals surface area (Å²) in [6, 6.07) is 0. The molecule has 0 aromatic carbocycles. The topological polar surface area (TPSA) is 63.8 Å². The van der Waals surface area contributed by atoms with Gasteiger partial charge in [-0.15, -0.1) is 0 Å². The maximum Gasteiger partial charge on any atom is 0.134 e. The minimum absolute atomic E-state index is 0.568. The number of hydrogen-bond donors (Lipinski definition) is 2. The second-order valence-corrected chi connectivity index (χ2v) is 4.26. The van der Waals surface area contributed by atoms with E-state index in [4.69, 9.17) is 5.73 Å². The van der Waals surface area contributed by atoms with Crippen molar-refractivity contribution < 1.29 is 0 Å². The Kier molecular flexibility index (Phi) is 3.04. The Morgan fingerprint density at radius 1 is 1.40 bits per heavy atom. The van der Waals surface area contributed by atoms with Crippen molar-refractivity contribution in [2.45, 2.75) is 32.6 Å². The zero-order valence-corrected chi connectivity index (χ0v) is 9.16. The molecule has 3 N–H and O–H groups in total. The number of nitrogens with one attached hydrogen (secondary N) is 1. The lowest BCUT2D eigenvalue weighted by atomic mass is 10.1. The molecule has 82 valence electrons. The van der Waals surface area contributed by atoms with Crippen molar-refractivity contribution >= 4 is 11.6 Å². The van der Waals surface area contributed by atoms with Gasteiger partial charge in [-0.1, -0.05) is 12.8 Å². The normalized spacial score (nSPS) is 16.9. The Hall–Kier alpha value is -1.32. The van der Waals surface area contributed by atoms with Gasteiger partial charge in [-0.2, -0.15) is 0 Å². The minimum Gasteiger partial charge on any atom is -0.383 e. The lowest BCUT2D eigenvalue weighted by Crippen LogP contribution is -2.13. The Morgan fingerprint density at radius 2 is 2.13 bits per heavy atom. The monoisotopic (exact) mass is 206 g/mol. The van der Waals surface area contributed by atoms with Crippen molar-refractivity contribution in [1.82, 2.24) is 9.97 Å². The fraction of sp³-hybridized carbons (Fsp3) is 0.636. The molecule has 0 amide bonds. The SMILES string of the molecule is Cc1c(N)ncnc1NCC1CCCC1. The van der Waals surface area contributed by atoms with Gasteiger partial charge >= 0.3 is 0 Å². The van der Waals surface area contributed by atoms with Crippen molar-refractivity contribution in [2.75, 3.05) is 17.6 Å². The van der Waals surface area contributed by atoms with Gasteiger partial charge in [0.2, 0.25) is 0 Å². The highest BCUT2D eigenvalue weighted by Gasteiger charge is 2.15. The van der Waals surface area contributed by atoms with Crippen molar-refractivity contribution in [3.63, 3.8) is 0 Å². The van der Waals surface area contributed by atoms with Crippen LogP contribution < -0.4 is 11.1 Å².